The Bertz CT molecular complexity index is 532. The van der Waals surface area contributed by atoms with E-state index in [0.29, 0.717) is 0 Å². The van der Waals surface area contributed by atoms with E-state index >= 15 is 0 Å². The van der Waals surface area contributed by atoms with Crippen molar-refractivity contribution in [1.82, 2.24) is 16.0 Å². The summed E-state index contributed by atoms with van der Waals surface area (Å²) in [4.78, 5) is 22.5. The first-order chi connectivity index (χ1) is 10.2. The number of hydrogen-bond donors (Lipinski definition) is 3. The zero-order chi connectivity index (χ0) is 16.8. The molecule has 3 N–H and O–H groups in total. The van der Waals surface area contributed by atoms with Crippen molar-refractivity contribution in [3.05, 3.63) is 35.4 Å². The van der Waals surface area contributed by atoms with Crippen LogP contribution in [-0.4, -0.2) is 31.6 Å². The second-order valence-electron chi connectivity index (χ2n) is 4.76. The van der Waals surface area contributed by atoms with E-state index < -0.39 is 29.7 Å². The van der Waals surface area contributed by atoms with Gasteiger partial charge in [-0.25, -0.2) is 4.79 Å². The molecule has 0 heterocycles. The van der Waals surface area contributed by atoms with E-state index in [-0.39, 0.29) is 18.5 Å². The Morgan fingerprint density at radius 3 is 2.45 bits per heavy atom. The highest BCUT2D eigenvalue weighted by molar-refractivity contribution is 5.83. The van der Waals surface area contributed by atoms with Crippen LogP contribution in [0.5, 0.6) is 0 Å². The molecule has 1 atom stereocenters. The van der Waals surface area contributed by atoms with Crippen LogP contribution in [0.15, 0.2) is 24.3 Å². The molecule has 22 heavy (non-hydrogen) atoms. The summed E-state index contributed by atoms with van der Waals surface area (Å²) >= 11 is 0. The Labute approximate surface area is 126 Å². The average molecular weight is 317 g/mol. The van der Waals surface area contributed by atoms with Gasteiger partial charge in [-0.1, -0.05) is 18.2 Å². The van der Waals surface area contributed by atoms with Crippen LogP contribution in [0.3, 0.4) is 0 Å². The monoisotopic (exact) mass is 317 g/mol. The number of nitrogens with one attached hydrogen (secondary N) is 3. The molecule has 8 heteroatoms. The van der Waals surface area contributed by atoms with Gasteiger partial charge in [0.05, 0.1) is 12.1 Å². The summed E-state index contributed by atoms with van der Waals surface area (Å²) in [5.74, 6) is -0.472. The molecule has 3 amide bonds. The molecule has 0 unspecified atom stereocenters. The number of carbonyl (C=O) groups is 2. The largest absolute Gasteiger partial charge is 0.416 e. The third kappa shape index (κ3) is 5.63. The smallest absolute Gasteiger partial charge is 0.352 e. The van der Waals surface area contributed by atoms with Crippen LogP contribution in [0.1, 0.15) is 18.1 Å². The van der Waals surface area contributed by atoms with Gasteiger partial charge in [-0.15, -0.1) is 0 Å². The lowest BCUT2D eigenvalue weighted by Gasteiger charge is -2.17. The number of alkyl halides is 3. The number of rotatable bonds is 5. The fraction of sp³-hybridized carbons (Fsp3) is 0.429. The van der Waals surface area contributed by atoms with E-state index in [1.54, 1.807) is 6.92 Å². The topological polar surface area (TPSA) is 70.2 Å². The minimum atomic E-state index is -4.43. The fourth-order valence-corrected chi connectivity index (χ4v) is 1.93. The minimum absolute atomic E-state index is 0.0431. The Hall–Kier alpha value is -2.25. The Morgan fingerprint density at radius 2 is 1.86 bits per heavy atom. The van der Waals surface area contributed by atoms with Gasteiger partial charge in [0.2, 0.25) is 5.91 Å². The molecule has 0 saturated heterocycles. The number of urea groups is 1. The van der Waals surface area contributed by atoms with Gasteiger partial charge in [-0.2, -0.15) is 13.2 Å². The summed E-state index contributed by atoms with van der Waals surface area (Å²) < 4.78 is 38.6. The highest BCUT2D eigenvalue weighted by Gasteiger charge is 2.33. The third-order valence-corrected chi connectivity index (χ3v) is 2.89. The molecule has 0 saturated carbocycles. The van der Waals surface area contributed by atoms with Crippen LogP contribution in [0.25, 0.3) is 0 Å². The molecule has 122 valence electrons. The van der Waals surface area contributed by atoms with E-state index in [4.69, 9.17) is 0 Å². The lowest BCUT2D eigenvalue weighted by Crippen LogP contribution is -2.44. The van der Waals surface area contributed by atoms with Crippen LogP contribution in [-0.2, 0) is 17.4 Å². The van der Waals surface area contributed by atoms with Gasteiger partial charge in [0.1, 0.15) is 0 Å². The summed E-state index contributed by atoms with van der Waals surface area (Å²) in [5, 5.41) is 7.12. The van der Waals surface area contributed by atoms with E-state index in [0.717, 1.165) is 6.07 Å². The normalized spacial score (nSPS) is 12.4. The summed E-state index contributed by atoms with van der Waals surface area (Å²) in [6, 6.07) is 4.23. The van der Waals surface area contributed by atoms with E-state index in [1.165, 1.54) is 25.2 Å². The molecular weight excluding hydrogens is 299 g/mol. The van der Waals surface area contributed by atoms with Gasteiger partial charge < -0.3 is 16.0 Å². The van der Waals surface area contributed by atoms with Crippen LogP contribution >= 0.6 is 0 Å². The highest BCUT2D eigenvalue weighted by atomic mass is 19.4. The maximum Gasteiger partial charge on any atom is 0.416 e. The molecule has 0 aliphatic rings. The van der Waals surface area contributed by atoms with Gasteiger partial charge in [0, 0.05) is 13.1 Å². The first kappa shape index (κ1) is 17.8. The average Bonchev–Trinajstić information content (AvgIpc) is 2.44. The van der Waals surface area contributed by atoms with Gasteiger partial charge in [-0.3, -0.25) is 4.79 Å². The van der Waals surface area contributed by atoms with Crippen LogP contribution in [0.4, 0.5) is 18.0 Å². The quantitative estimate of drug-likeness (QED) is 0.773. The van der Waals surface area contributed by atoms with Crippen LogP contribution < -0.4 is 16.0 Å². The molecule has 5 nitrogen and oxygen atoms in total. The maximum atomic E-state index is 12.9. The zero-order valence-electron chi connectivity index (χ0n) is 12.3. The number of carbonyl (C=O) groups excluding carboxylic acids is 2. The third-order valence-electron chi connectivity index (χ3n) is 2.89. The molecule has 0 aliphatic heterocycles. The van der Waals surface area contributed by atoms with E-state index in [1.807, 2.05) is 0 Å². The SMILES string of the molecule is CNC(=O)NCC(=O)N[C@H](C)Cc1ccccc1C(F)(F)F. The number of benzene rings is 1. The van der Waals surface area contributed by atoms with Crippen molar-refractivity contribution in [2.24, 2.45) is 0 Å². The van der Waals surface area contributed by atoms with Crippen LogP contribution in [0.2, 0.25) is 0 Å². The molecule has 1 aromatic carbocycles. The second kappa shape index (κ2) is 7.67. The Kier molecular flexibility index (Phi) is 6.21. The number of hydrogen-bond acceptors (Lipinski definition) is 2. The summed E-state index contributed by atoms with van der Waals surface area (Å²) in [6.07, 6.45) is -4.39. The Balaban J connectivity index is 2.61. The lowest BCUT2D eigenvalue weighted by molar-refractivity contribution is -0.138. The van der Waals surface area contributed by atoms with E-state index in [2.05, 4.69) is 16.0 Å². The predicted octanol–water partition coefficient (Wildman–Crippen LogP) is 1.68. The molecule has 0 spiro atoms. The molecule has 0 aromatic heterocycles. The maximum absolute atomic E-state index is 12.9. The van der Waals surface area contributed by atoms with Crippen molar-refractivity contribution in [2.45, 2.75) is 25.6 Å². The molecule has 0 bridgehead atoms. The molecule has 1 aromatic rings. The highest BCUT2D eigenvalue weighted by Crippen LogP contribution is 2.32. The molecule has 1 rings (SSSR count). The van der Waals surface area contributed by atoms with Gasteiger partial charge in [-0.05, 0) is 25.0 Å². The second-order valence-corrected chi connectivity index (χ2v) is 4.76. The van der Waals surface area contributed by atoms with Crippen molar-refractivity contribution in [3.8, 4) is 0 Å². The van der Waals surface area contributed by atoms with Crippen molar-refractivity contribution < 1.29 is 22.8 Å². The molecule has 0 radical (unpaired) electrons. The summed E-state index contributed by atoms with van der Waals surface area (Å²) in [7, 11) is 1.41. The van der Waals surface area contributed by atoms with Gasteiger partial charge in [0.15, 0.2) is 0 Å². The van der Waals surface area contributed by atoms with Crippen molar-refractivity contribution in [1.29, 1.82) is 0 Å². The predicted molar refractivity (Wildman–Crippen MR) is 75.2 cm³/mol. The molecular formula is C14H18F3N3O2. The summed E-state index contributed by atoms with van der Waals surface area (Å²) in [6.45, 7) is 1.36. The van der Waals surface area contributed by atoms with Gasteiger partial charge >= 0.3 is 12.2 Å². The van der Waals surface area contributed by atoms with Crippen molar-refractivity contribution in [3.63, 3.8) is 0 Å². The van der Waals surface area contributed by atoms with Gasteiger partial charge in [0.25, 0.3) is 0 Å². The summed E-state index contributed by atoms with van der Waals surface area (Å²) in [5.41, 5.74) is -0.596. The first-order valence-corrected chi connectivity index (χ1v) is 6.64. The van der Waals surface area contributed by atoms with Crippen molar-refractivity contribution >= 4 is 11.9 Å². The fourth-order valence-electron chi connectivity index (χ4n) is 1.93. The van der Waals surface area contributed by atoms with Crippen LogP contribution in [0, 0.1) is 0 Å². The van der Waals surface area contributed by atoms with Crippen molar-refractivity contribution in [2.75, 3.05) is 13.6 Å². The zero-order valence-corrected chi connectivity index (χ0v) is 12.3. The number of amides is 3. The minimum Gasteiger partial charge on any atom is -0.352 e. The first-order valence-electron chi connectivity index (χ1n) is 6.64. The molecule has 0 fully saturated rings. The number of halogens is 3. The molecule has 0 aliphatic carbocycles. The van der Waals surface area contributed by atoms with E-state index in [9.17, 15) is 22.8 Å². The lowest BCUT2D eigenvalue weighted by atomic mass is 10.0. The standard InChI is InChI=1S/C14H18F3N3O2/c1-9(20-12(21)8-19-13(22)18-2)7-10-5-3-4-6-11(10)14(15,16)17/h3-6,9H,7-8H2,1-2H3,(H,20,21)(H2,18,19,22)/t9-/m1/s1. The Morgan fingerprint density at radius 1 is 1.23 bits per heavy atom.